The number of fused-ring (bicyclic) bond motifs is 10. The Morgan fingerprint density at radius 2 is 1.03 bits per heavy atom. The van der Waals surface area contributed by atoms with E-state index in [-0.39, 0.29) is 70.7 Å². The topological polar surface area (TPSA) is 131 Å². The normalized spacial score (nSPS) is 48.7. The van der Waals surface area contributed by atoms with Crippen molar-refractivity contribution in [2.75, 3.05) is 14.2 Å². The Morgan fingerprint density at radius 3 is 1.44 bits per heavy atom. The standard InChI is InChI=1S/C26H43F3O3.C26H45NO4/c1-15(7-12-25(4,32)26(27,28)29)18-5-6-19-17-14-22(31)21-13-16(30)8-10-24(21,3)20(17)9-11-23(18,19)2;1-16(6-9-24(30)27(4)31-5)19-7-8-20-18-15-23(29)22-14-17(28)10-12-26(22,3)21(18)11-13-25(19,20)2/h15-22,30-32H,5-14H2,1-4H3;16-23,28-29H,6-15H2,1-5H3/t15?,16-,17?,18?,19?,20?,21+,22+,23?,24?,25?;16?,17-,18?,19?,20?,21?,22+,23+,25?,26?/m11/s1. The molecule has 0 aromatic heterocycles. The second kappa shape index (κ2) is 18.2. The van der Waals surface area contributed by atoms with E-state index in [0.717, 1.165) is 84.0 Å². The largest absolute Gasteiger partial charge is 0.416 e. The van der Waals surface area contributed by atoms with Crippen molar-refractivity contribution < 1.29 is 48.3 Å². The lowest BCUT2D eigenvalue weighted by molar-refractivity contribution is -0.256. The van der Waals surface area contributed by atoms with Gasteiger partial charge in [0.1, 0.15) is 0 Å². The van der Waals surface area contributed by atoms with Gasteiger partial charge in [-0.25, -0.2) is 5.06 Å². The van der Waals surface area contributed by atoms with Crippen LogP contribution >= 0.6 is 0 Å². The van der Waals surface area contributed by atoms with Gasteiger partial charge in [0.2, 0.25) is 5.91 Å². The van der Waals surface area contributed by atoms with Crippen molar-refractivity contribution in [1.82, 2.24) is 5.06 Å². The van der Waals surface area contributed by atoms with Crippen molar-refractivity contribution in [1.29, 1.82) is 0 Å². The number of alkyl halides is 3. The van der Waals surface area contributed by atoms with Crippen LogP contribution in [0, 0.1) is 92.7 Å². The fourth-order valence-electron chi connectivity index (χ4n) is 18.2. The molecule has 364 valence electrons. The fraction of sp³-hybridized carbons (Fsp3) is 0.981. The van der Waals surface area contributed by atoms with Crippen molar-refractivity contribution in [3.05, 3.63) is 0 Å². The van der Waals surface area contributed by atoms with Crippen molar-refractivity contribution >= 4 is 5.91 Å². The van der Waals surface area contributed by atoms with Crippen molar-refractivity contribution in [2.24, 2.45) is 92.7 Å². The first-order chi connectivity index (χ1) is 29.3. The monoisotopic (exact) mass is 896 g/mol. The average molecular weight is 896 g/mol. The number of aliphatic hydroxyl groups excluding tert-OH is 4. The molecule has 63 heavy (non-hydrogen) atoms. The van der Waals surface area contributed by atoms with E-state index in [0.29, 0.717) is 77.9 Å². The smallest absolute Gasteiger partial charge is 0.393 e. The lowest BCUT2D eigenvalue weighted by Gasteiger charge is -2.62. The predicted molar refractivity (Wildman–Crippen MR) is 238 cm³/mol. The van der Waals surface area contributed by atoms with E-state index >= 15 is 0 Å². The molecule has 8 fully saturated rings. The highest BCUT2D eigenvalue weighted by molar-refractivity contribution is 5.74. The maximum Gasteiger partial charge on any atom is 0.416 e. The second-order valence-corrected chi connectivity index (χ2v) is 24.8. The lowest BCUT2D eigenvalue weighted by atomic mass is 9.43. The van der Waals surface area contributed by atoms with Crippen LogP contribution in [-0.4, -0.2) is 86.9 Å². The number of amides is 1. The molecule has 11 heteroatoms. The average Bonchev–Trinajstić information content (AvgIpc) is 3.77. The molecule has 0 saturated heterocycles. The third-order valence-electron chi connectivity index (χ3n) is 22.0. The molecule has 8 rings (SSSR count). The number of hydrogen-bond donors (Lipinski definition) is 5. The third kappa shape index (κ3) is 8.84. The van der Waals surface area contributed by atoms with Crippen molar-refractivity contribution in [3.8, 4) is 0 Å². The van der Waals surface area contributed by atoms with Gasteiger partial charge in [-0.3, -0.25) is 9.63 Å². The van der Waals surface area contributed by atoms with E-state index in [4.69, 9.17) is 4.84 Å². The maximum atomic E-state index is 13.1. The molecular formula is C52H88F3NO7. The van der Waals surface area contributed by atoms with Gasteiger partial charge in [-0.2, -0.15) is 13.2 Å². The second-order valence-electron chi connectivity index (χ2n) is 24.8. The van der Waals surface area contributed by atoms with Gasteiger partial charge >= 0.3 is 6.18 Å². The maximum absolute atomic E-state index is 13.1. The molecule has 8 aliphatic rings. The van der Waals surface area contributed by atoms with Gasteiger partial charge in [0.05, 0.1) is 31.5 Å². The summed E-state index contributed by atoms with van der Waals surface area (Å²) in [5.74, 6) is 5.75. The van der Waals surface area contributed by atoms with Crippen LogP contribution in [-0.2, 0) is 9.63 Å². The van der Waals surface area contributed by atoms with Crippen LogP contribution in [0.4, 0.5) is 13.2 Å². The summed E-state index contributed by atoms with van der Waals surface area (Å²) in [4.78, 5) is 17.3. The summed E-state index contributed by atoms with van der Waals surface area (Å²) < 4.78 is 39.4. The predicted octanol–water partition coefficient (Wildman–Crippen LogP) is 10.1. The van der Waals surface area contributed by atoms with Gasteiger partial charge in [0, 0.05) is 13.5 Å². The summed E-state index contributed by atoms with van der Waals surface area (Å²) in [7, 11) is 3.23. The molecule has 0 aromatic carbocycles. The summed E-state index contributed by atoms with van der Waals surface area (Å²) in [6, 6.07) is 0. The van der Waals surface area contributed by atoms with Gasteiger partial charge in [0.15, 0.2) is 5.60 Å². The van der Waals surface area contributed by atoms with Crippen LogP contribution in [0.25, 0.3) is 0 Å². The molecular weight excluding hydrogens is 808 g/mol. The number of carbonyl (C=O) groups excluding carboxylic acids is 1. The number of halogens is 3. The van der Waals surface area contributed by atoms with E-state index in [9.17, 15) is 43.5 Å². The molecule has 0 heterocycles. The highest BCUT2D eigenvalue weighted by Gasteiger charge is 2.64. The Kier molecular flexibility index (Phi) is 14.4. The summed E-state index contributed by atoms with van der Waals surface area (Å²) >= 11 is 0. The van der Waals surface area contributed by atoms with E-state index in [2.05, 4.69) is 41.5 Å². The van der Waals surface area contributed by atoms with Gasteiger partial charge in [-0.1, -0.05) is 41.5 Å². The van der Waals surface area contributed by atoms with E-state index < -0.39 is 11.8 Å². The van der Waals surface area contributed by atoms with E-state index in [1.165, 1.54) is 30.7 Å². The lowest BCUT2D eigenvalue weighted by Crippen LogP contribution is -2.58. The van der Waals surface area contributed by atoms with Gasteiger partial charge < -0.3 is 25.5 Å². The fourth-order valence-corrected chi connectivity index (χ4v) is 18.2. The zero-order chi connectivity index (χ0) is 46.2. The number of rotatable bonds is 9. The van der Waals surface area contributed by atoms with Gasteiger partial charge in [0.25, 0.3) is 0 Å². The summed E-state index contributed by atoms with van der Waals surface area (Å²) in [6.45, 7) is 15.0. The quantitative estimate of drug-likeness (QED) is 0.146. The minimum Gasteiger partial charge on any atom is -0.393 e. The zero-order valence-corrected chi connectivity index (χ0v) is 40.5. The number of carbonyl (C=O) groups is 1. The number of nitrogens with zero attached hydrogens (tertiary/aromatic N) is 1. The number of hydrogen-bond acceptors (Lipinski definition) is 7. The molecule has 8 aliphatic carbocycles. The number of aliphatic hydroxyl groups is 5. The van der Waals surface area contributed by atoms with Crippen LogP contribution in [0.3, 0.4) is 0 Å². The van der Waals surface area contributed by atoms with Crippen LogP contribution < -0.4 is 0 Å². The SMILES string of the molecule is CC(CCC(C)(O)C(F)(F)F)C1CCC2C3C[C@H](O)[C@@H]4C[C@H](O)CCC4(C)C3CCC12C.CON(C)C(=O)CCC(C)C1CCC2C3C[C@H](O)[C@@H]4C[C@H](O)CCC4(C)C3CCC12C. The molecule has 0 spiro atoms. The molecule has 1 amide bonds. The third-order valence-corrected chi connectivity index (χ3v) is 22.0. The van der Waals surface area contributed by atoms with Crippen LogP contribution in [0.2, 0.25) is 0 Å². The van der Waals surface area contributed by atoms with Crippen molar-refractivity contribution in [2.45, 2.75) is 213 Å². The zero-order valence-electron chi connectivity index (χ0n) is 40.5. The van der Waals surface area contributed by atoms with Crippen LogP contribution in [0.1, 0.15) is 177 Å². The molecule has 0 radical (unpaired) electrons. The Hall–Kier alpha value is -0.980. The Morgan fingerprint density at radius 1 is 0.635 bits per heavy atom. The van der Waals surface area contributed by atoms with E-state index in [1.54, 1.807) is 14.2 Å². The molecule has 0 aromatic rings. The molecule has 21 atom stereocenters. The molecule has 8 nitrogen and oxygen atoms in total. The summed E-state index contributed by atoms with van der Waals surface area (Å²) in [6.07, 6.45) is 12.3. The molecule has 0 aliphatic heterocycles. The Bertz CT molecular complexity index is 1600. The molecule has 5 N–H and O–H groups in total. The first-order valence-electron chi connectivity index (χ1n) is 25.6. The summed E-state index contributed by atoms with van der Waals surface area (Å²) in [5, 5.41) is 54.0. The van der Waals surface area contributed by atoms with Gasteiger partial charge in [-0.15, -0.1) is 0 Å². The van der Waals surface area contributed by atoms with E-state index in [1.807, 2.05) is 0 Å². The first-order valence-corrected chi connectivity index (χ1v) is 25.6. The minimum atomic E-state index is -4.59. The van der Waals surface area contributed by atoms with Crippen molar-refractivity contribution in [3.63, 3.8) is 0 Å². The van der Waals surface area contributed by atoms with Crippen LogP contribution in [0.15, 0.2) is 0 Å². The molecule has 0 bridgehead atoms. The summed E-state index contributed by atoms with van der Waals surface area (Å²) in [5.41, 5.74) is -1.93. The Labute approximate surface area is 378 Å². The van der Waals surface area contributed by atoms with Crippen LogP contribution in [0.5, 0.6) is 0 Å². The Balaban J connectivity index is 0.000000189. The molecule has 8 saturated carbocycles. The first kappa shape index (κ1) is 49.9. The molecule has 15 unspecified atom stereocenters. The highest BCUT2D eigenvalue weighted by Crippen LogP contribution is 2.70. The number of hydroxylamine groups is 2. The van der Waals surface area contributed by atoms with Gasteiger partial charge in [-0.05, 0) is 222 Å². The minimum absolute atomic E-state index is 0.0617. The highest BCUT2D eigenvalue weighted by atomic mass is 19.4.